The largest absolute Gasteiger partial charge is 0.342 e. The fourth-order valence-electron chi connectivity index (χ4n) is 4.77. The van der Waals surface area contributed by atoms with Crippen molar-refractivity contribution in [2.75, 3.05) is 10.0 Å². The Hall–Kier alpha value is -3.14. The lowest BCUT2D eigenvalue weighted by molar-refractivity contribution is -0.231. The van der Waals surface area contributed by atoms with Crippen molar-refractivity contribution in [3.05, 3.63) is 48.7 Å². The molecule has 3 N–H and O–H groups in total. The number of nitrogens with zero attached hydrogens (tertiary/aromatic N) is 1. The molecular formula is C26H32N4O9S. The second-order valence-corrected chi connectivity index (χ2v) is 12.3. The van der Waals surface area contributed by atoms with Gasteiger partial charge in [-0.1, -0.05) is 6.07 Å². The molecule has 0 unspecified atom stereocenters. The summed E-state index contributed by atoms with van der Waals surface area (Å²) in [4.78, 5) is 30.0. The third-order valence-corrected chi connectivity index (χ3v) is 7.87. The number of nitrogens with one attached hydrogen (secondary N) is 3. The predicted molar refractivity (Wildman–Crippen MR) is 140 cm³/mol. The molecule has 2 amide bonds. The van der Waals surface area contributed by atoms with Crippen LogP contribution in [0.15, 0.2) is 53.6 Å². The molecule has 1 aromatic heterocycles. The standard InChI is InChI=1S/C26H32N4O9S/c1-14(22(31)29-15-9-11-16(12-10-15)40(33,34)30-17-8-6-7-13-27-17)28-23(32)20-18-19(37-25(2,3)36-18)21-24(35-20)39-26(4,5)38-21/h6-14,18-21,24H,1-5H3,(H,27,30)(H,28,32)(H,29,31)/t14-,18+,19+,20+,21-,24+/m1/s1. The summed E-state index contributed by atoms with van der Waals surface area (Å²) in [6.07, 6.45) is -2.47. The zero-order chi connectivity index (χ0) is 28.9. The summed E-state index contributed by atoms with van der Waals surface area (Å²) < 4.78 is 57.3. The summed E-state index contributed by atoms with van der Waals surface area (Å²) in [7, 11) is -3.87. The summed E-state index contributed by atoms with van der Waals surface area (Å²) in [5.74, 6) is -2.82. The lowest BCUT2D eigenvalue weighted by Crippen LogP contribution is -2.60. The zero-order valence-corrected chi connectivity index (χ0v) is 23.4. The molecular weight excluding hydrogens is 544 g/mol. The monoisotopic (exact) mass is 576 g/mol. The van der Waals surface area contributed by atoms with Gasteiger partial charge in [-0.25, -0.2) is 13.4 Å². The van der Waals surface area contributed by atoms with Crippen LogP contribution in [0.1, 0.15) is 34.6 Å². The molecule has 0 spiro atoms. The molecule has 0 saturated carbocycles. The van der Waals surface area contributed by atoms with Crippen LogP contribution < -0.4 is 15.4 Å². The van der Waals surface area contributed by atoms with Crippen molar-refractivity contribution >= 4 is 33.3 Å². The Labute approximate surface area is 231 Å². The van der Waals surface area contributed by atoms with Crippen LogP contribution in [0.25, 0.3) is 0 Å². The Morgan fingerprint density at radius 1 is 0.900 bits per heavy atom. The van der Waals surface area contributed by atoms with Gasteiger partial charge in [0.25, 0.3) is 15.9 Å². The van der Waals surface area contributed by atoms with Crippen LogP contribution in [-0.2, 0) is 43.3 Å². The Kier molecular flexibility index (Phi) is 7.35. The van der Waals surface area contributed by atoms with E-state index in [0.29, 0.717) is 5.69 Å². The summed E-state index contributed by atoms with van der Waals surface area (Å²) in [5.41, 5.74) is 0.340. The Balaban J connectivity index is 1.21. The van der Waals surface area contributed by atoms with E-state index in [-0.39, 0.29) is 10.7 Å². The van der Waals surface area contributed by atoms with E-state index < -0.39 is 70.2 Å². The number of hydrogen-bond acceptors (Lipinski definition) is 10. The van der Waals surface area contributed by atoms with Gasteiger partial charge in [0.15, 0.2) is 24.0 Å². The molecule has 216 valence electrons. The molecule has 4 heterocycles. The van der Waals surface area contributed by atoms with E-state index in [4.69, 9.17) is 23.7 Å². The first-order valence-corrected chi connectivity index (χ1v) is 14.2. The second-order valence-electron chi connectivity index (χ2n) is 10.7. The van der Waals surface area contributed by atoms with Crippen molar-refractivity contribution in [1.29, 1.82) is 0 Å². The summed E-state index contributed by atoms with van der Waals surface area (Å²) in [5, 5.41) is 5.32. The van der Waals surface area contributed by atoms with Gasteiger partial charge in [-0.05, 0) is 71.0 Å². The number of hydrogen-bond donors (Lipinski definition) is 3. The van der Waals surface area contributed by atoms with Crippen LogP contribution in [0.5, 0.6) is 0 Å². The van der Waals surface area contributed by atoms with Crippen molar-refractivity contribution < 1.29 is 41.7 Å². The van der Waals surface area contributed by atoms with Gasteiger partial charge in [0.1, 0.15) is 30.2 Å². The molecule has 2 aromatic rings. The van der Waals surface area contributed by atoms with Crippen molar-refractivity contribution in [3.63, 3.8) is 0 Å². The molecule has 13 nitrogen and oxygen atoms in total. The summed E-state index contributed by atoms with van der Waals surface area (Å²) in [6, 6.07) is 9.48. The van der Waals surface area contributed by atoms with E-state index in [1.54, 1.807) is 39.8 Å². The third kappa shape index (κ3) is 5.96. The first-order valence-electron chi connectivity index (χ1n) is 12.7. The minimum atomic E-state index is -3.87. The van der Waals surface area contributed by atoms with Gasteiger partial charge in [-0.3, -0.25) is 14.3 Å². The van der Waals surface area contributed by atoms with Crippen LogP contribution in [-0.4, -0.2) is 73.5 Å². The maximum absolute atomic E-state index is 13.2. The zero-order valence-electron chi connectivity index (χ0n) is 22.6. The quantitative estimate of drug-likeness (QED) is 0.442. The lowest BCUT2D eigenvalue weighted by atomic mass is 9.98. The van der Waals surface area contributed by atoms with E-state index in [9.17, 15) is 18.0 Å². The van der Waals surface area contributed by atoms with Crippen molar-refractivity contribution in [2.45, 2.75) is 87.8 Å². The SMILES string of the molecule is C[C@@H](NC(=O)[C@H]1O[C@H]2OC(C)(C)O[C@@H]2[C@H]2OC(C)(C)O[C@@H]21)C(=O)Nc1ccc(S(=O)(=O)Nc2ccccn2)cc1. The van der Waals surface area contributed by atoms with Gasteiger partial charge in [0.2, 0.25) is 5.91 Å². The van der Waals surface area contributed by atoms with Crippen LogP contribution in [0, 0.1) is 0 Å². The molecule has 3 aliphatic rings. The number of anilines is 2. The van der Waals surface area contributed by atoms with Gasteiger partial charge in [-0.15, -0.1) is 0 Å². The van der Waals surface area contributed by atoms with Gasteiger partial charge in [0.05, 0.1) is 4.90 Å². The fourth-order valence-corrected chi connectivity index (χ4v) is 5.78. The molecule has 3 aliphatic heterocycles. The maximum atomic E-state index is 13.2. The Bertz CT molecular complexity index is 1370. The third-order valence-electron chi connectivity index (χ3n) is 6.50. The number of fused-ring (bicyclic) bond motifs is 3. The predicted octanol–water partition coefficient (Wildman–Crippen LogP) is 1.72. The minimum absolute atomic E-state index is 0.0113. The Morgan fingerprint density at radius 2 is 1.55 bits per heavy atom. The number of carbonyl (C=O) groups is 2. The molecule has 3 fully saturated rings. The highest BCUT2D eigenvalue weighted by molar-refractivity contribution is 7.92. The van der Waals surface area contributed by atoms with Crippen LogP contribution in [0.3, 0.4) is 0 Å². The van der Waals surface area contributed by atoms with Gasteiger partial charge >= 0.3 is 0 Å². The average molecular weight is 577 g/mol. The topological polar surface area (TPSA) is 163 Å². The van der Waals surface area contributed by atoms with E-state index >= 15 is 0 Å². The first-order chi connectivity index (χ1) is 18.7. The molecule has 6 atom stereocenters. The molecule has 0 radical (unpaired) electrons. The van der Waals surface area contributed by atoms with E-state index in [2.05, 4.69) is 20.3 Å². The lowest BCUT2D eigenvalue weighted by Gasteiger charge is -2.36. The highest BCUT2D eigenvalue weighted by Gasteiger charge is 2.62. The number of aromatic nitrogens is 1. The number of rotatable bonds is 7. The number of sulfonamides is 1. The van der Waals surface area contributed by atoms with E-state index in [1.807, 2.05) is 0 Å². The van der Waals surface area contributed by atoms with Gasteiger partial charge in [-0.2, -0.15) is 0 Å². The molecule has 40 heavy (non-hydrogen) atoms. The summed E-state index contributed by atoms with van der Waals surface area (Å²) in [6.45, 7) is 8.46. The number of carbonyl (C=O) groups excluding carboxylic acids is 2. The van der Waals surface area contributed by atoms with Crippen molar-refractivity contribution in [2.24, 2.45) is 0 Å². The van der Waals surface area contributed by atoms with Gasteiger partial charge < -0.3 is 34.3 Å². The van der Waals surface area contributed by atoms with E-state index in [1.165, 1.54) is 43.5 Å². The molecule has 14 heteroatoms. The fraction of sp³-hybridized carbons (Fsp3) is 0.500. The second kappa shape index (κ2) is 10.4. The minimum Gasteiger partial charge on any atom is -0.342 e. The average Bonchev–Trinajstić information content (AvgIpc) is 3.37. The molecule has 0 bridgehead atoms. The molecule has 5 rings (SSSR count). The molecule has 3 saturated heterocycles. The first kappa shape index (κ1) is 28.4. The summed E-state index contributed by atoms with van der Waals surface area (Å²) >= 11 is 0. The van der Waals surface area contributed by atoms with E-state index in [0.717, 1.165) is 0 Å². The Morgan fingerprint density at radius 3 is 2.23 bits per heavy atom. The smallest absolute Gasteiger partial charge is 0.263 e. The molecule has 1 aromatic carbocycles. The number of ether oxygens (including phenoxy) is 5. The van der Waals surface area contributed by atoms with Crippen LogP contribution >= 0.6 is 0 Å². The maximum Gasteiger partial charge on any atom is 0.263 e. The highest BCUT2D eigenvalue weighted by Crippen LogP contribution is 2.44. The highest BCUT2D eigenvalue weighted by atomic mass is 32.2. The van der Waals surface area contributed by atoms with Crippen molar-refractivity contribution in [1.82, 2.24) is 10.3 Å². The number of benzene rings is 1. The van der Waals surface area contributed by atoms with Crippen molar-refractivity contribution in [3.8, 4) is 0 Å². The molecule has 0 aliphatic carbocycles. The number of pyridine rings is 1. The van der Waals surface area contributed by atoms with Gasteiger partial charge in [0, 0.05) is 11.9 Å². The number of amides is 2. The van der Waals surface area contributed by atoms with Crippen LogP contribution in [0.2, 0.25) is 0 Å². The van der Waals surface area contributed by atoms with Crippen LogP contribution in [0.4, 0.5) is 11.5 Å². The normalized spacial score (nSPS) is 29.1.